The summed E-state index contributed by atoms with van der Waals surface area (Å²) >= 11 is 0. The molecule has 3 heteroatoms. The molecule has 1 heterocycles. The second-order valence-corrected chi connectivity index (χ2v) is 4.91. The van der Waals surface area contributed by atoms with Crippen molar-refractivity contribution in [1.29, 1.82) is 0 Å². The minimum Gasteiger partial charge on any atom is -0.389 e. The Morgan fingerprint density at radius 2 is 2.13 bits per heavy atom. The highest BCUT2D eigenvalue weighted by Gasteiger charge is 2.26. The highest BCUT2D eigenvalue weighted by atomic mass is 16.5. The molecule has 3 nitrogen and oxygen atoms in total. The van der Waals surface area contributed by atoms with Gasteiger partial charge in [0.15, 0.2) is 0 Å². The number of aliphatic hydroxyl groups is 1. The van der Waals surface area contributed by atoms with Crippen molar-refractivity contribution in [3.63, 3.8) is 0 Å². The first-order valence-corrected chi connectivity index (χ1v) is 6.06. The summed E-state index contributed by atoms with van der Waals surface area (Å²) < 4.78 is 4.96. The van der Waals surface area contributed by atoms with Gasteiger partial charge in [0.05, 0.1) is 12.7 Å². The zero-order valence-corrected chi connectivity index (χ0v) is 10.3. The molecule has 1 rings (SSSR count). The van der Waals surface area contributed by atoms with Gasteiger partial charge in [-0.1, -0.05) is 20.3 Å². The molecule has 0 radical (unpaired) electrons. The number of rotatable bonds is 5. The summed E-state index contributed by atoms with van der Waals surface area (Å²) in [5, 5.41) is 9.73. The zero-order chi connectivity index (χ0) is 11.3. The van der Waals surface area contributed by atoms with Gasteiger partial charge in [0.1, 0.15) is 0 Å². The van der Waals surface area contributed by atoms with Gasteiger partial charge in [-0.3, -0.25) is 4.90 Å². The van der Waals surface area contributed by atoms with E-state index in [1.54, 1.807) is 7.11 Å². The minimum absolute atomic E-state index is 0.339. The molecule has 0 aromatic rings. The Balaban J connectivity index is 2.42. The van der Waals surface area contributed by atoms with E-state index in [-0.39, 0.29) is 6.10 Å². The number of piperidine rings is 1. The molecule has 0 saturated carbocycles. The van der Waals surface area contributed by atoms with Gasteiger partial charge in [-0.05, 0) is 25.3 Å². The minimum atomic E-state index is -0.339. The molecule has 0 unspecified atom stereocenters. The third-order valence-corrected chi connectivity index (χ3v) is 3.24. The molecule has 1 aliphatic rings. The number of β-amino-alcohol motifs (C(OH)–C–C–N with tert-alkyl or cyclic N) is 1. The van der Waals surface area contributed by atoms with E-state index >= 15 is 0 Å². The first-order chi connectivity index (χ1) is 7.15. The molecule has 0 aromatic heterocycles. The number of aliphatic hydroxyl groups excluding tert-OH is 1. The standard InChI is InChI=1S/C12H25NO2/c1-10(2)12-6-4-5-7-13(12)8-11(14)9-15-3/h10-12,14H,4-9H2,1-3H3/t11-,12+/m0/s1. The molecule has 90 valence electrons. The van der Waals surface area contributed by atoms with Crippen LogP contribution in [0.15, 0.2) is 0 Å². The van der Waals surface area contributed by atoms with E-state index in [1.807, 2.05) is 0 Å². The van der Waals surface area contributed by atoms with Crippen LogP contribution < -0.4 is 0 Å². The van der Waals surface area contributed by atoms with Crippen LogP contribution in [0.4, 0.5) is 0 Å². The van der Waals surface area contributed by atoms with Gasteiger partial charge >= 0.3 is 0 Å². The zero-order valence-electron chi connectivity index (χ0n) is 10.3. The van der Waals surface area contributed by atoms with Crippen molar-refractivity contribution >= 4 is 0 Å². The lowest BCUT2D eigenvalue weighted by Gasteiger charge is -2.39. The van der Waals surface area contributed by atoms with E-state index in [9.17, 15) is 5.11 Å². The Labute approximate surface area is 93.4 Å². The monoisotopic (exact) mass is 215 g/mol. The molecule has 2 atom stereocenters. The topological polar surface area (TPSA) is 32.7 Å². The van der Waals surface area contributed by atoms with Crippen LogP contribution >= 0.6 is 0 Å². The van der Waals surface area contributed by atoms with E-state index in [2.05, 4.69) is 18.7 Å². The van der Waals surface area contributed by atoms with Crippen molar-refractivity contribution in [2.75, 3.05) is 26.8 Å². The van der Waals surface area contributed by atoms with Crippen LogP contribution in [0.2, 0.25) is 0 Å². The summed E-state index contributed by atoms with van der Waals surface area (Å²) in [4.78, 5) is 2.43. The van der Waals surface area contributed by atoms with Gasteiger partial charge in [0.25, 0.3) is 0 Å². The molecule has 15 heavy (non-hydrogen) atoms. The van der Waals surface area contributed by atoms with Crippen molar-refractivity contribution in [3.05, 3.63) is 0 Å². The maximum Gasteiger partial charge on any atom is 0.0900 e. The first-order valence-electron chi connectivity index (χ1n) is 6.06. The van der Waals surface area contributed by atoms with Gasteiger partial charge < -0.3 is 9.84 Å². The molecular formula is C12H25NO2. The lowest BCUT2D eigenvalue weighted by Crippen LogP contribution is -2.47. The van der Waals surface area contributed by atoms with Crippen molar-refractivity contribution in [3.8, 4) is 0 Å². The maximum atomic E-state index is 9.73. The van der Waals surface area contributed by atoms with Gasteiger partial charge in [0, 0.05) is 19.7 Å². The molecule has 1 N–H and O–H groups in total. The molecule has 0 aliphatic carbocycles. The lowest BCUT2D eigenvalue weighted by atomic mass is 9.92. The Morgan fingerprint density at radius 1 is 1.40 bits per heavy atom. The number of methoxy groups -OCH3 is 1. The van der Waals surface area contributed by atoms with Crippen molar-refractivity contribution < 1.29 is 9.84 Å². The van der Waals surface area contributed by atoms with Crippen molar-refractivity contribution in [1.82, 2.24) is 4.90 Å². The maximum absolute atomic E-state index is 9.73. The molecule has 0 spiro atoms. The van der Waals surface area contributed by atoms with E-state index < -0.39 is 0 Å². The predicted octanol–water partition coefficient (Wildman–Crippen LogP) is 1.50. The highest BCUT2D eigenvalue weighted by Crippen LogP contribution is 2.23. The molecule has 0 bridgehead atoms. The Morgan fingerprint density at radius 3 is 2.73 bits per heavy atom. The quantitative estimate of drug-likeness (QED) is 0.754. The average molecular weight is 215 g/mol. The fourth-order valence-corrected chi connectivity index (χ4v) is 2.51. The summed E-state index contributed by atoms with van der Waals surface area (Å²) in [5.74, 6) is 0.681. The van der Waals surface area contributed by atoms with E-state index in [4.69, 9.17) is 4.74 Å². The van der Waals surface area contributed by atoms with Crippen molar-refractivity contribution in [2.45, 2.75) is 45.3 Å². The summed E-state index contributed by atoms with van der Waals surface area (Å²) in [6, 6.07) is 0.644. The number of likely N-dealkylation sites (tertiary alicyclic amines) is 1. The smallest absolute Gasteiger partial charge is 0.0900 e. The first kappa shape index (κ1) is 12.9. The molecule has 1 saturated heterocycles. The summed E-state index contributed by atoms with van der Waals surface area (Å²) in [5.41, 5.74) is 0. The van der Waals surface area contributed by atoms with Crippen molar-refractivity contribution in [2.24, 2.45) is 5.92 Å². The van der Waals surface area contributed by atoms with Crippen LogP contribution in [0, 0.1) is 5.92 Å². The number of nitrogens with zero attached hydrogens (tertiary/aromatic N) is 1. The molecule has 1 aliphatic heterocycles. The Bertz CT molecular complexity index is 173. The van der Waals surface area contributed by atoms with Crippen LogP contribution in [-0.2, 0) is 4.74 Å². The molecule has 0 aromatic carbocycles. The summed E-state index contributed by atoms with van der Waals surface area (Å²) in [6.45, 7) is 6.87. The van der Waals surface area contributed by atoms with Crippen LogP contribution in [-0.4, -0.2) is 49.0 Å². The van der Waals surface area contributed by atoms with Gasteiger partial charge in [-0.2, -0.15) is 0 Å². The average Bonchev–Trinajstić information content (AvgIpc) is 2.18. The van der Waals surface area contributed by atoms with Crippen LogP contribution in [0.1, 0.15) is 33.1 Å². The van der Waals surface area contributed by atoms with E-state index in [1.165, 1.54) is 19.3 Å². The Kier molecular flexibility index (Phi) is 5.58. The summed E-state index contributed by atoms with van der Waals surface area (Å²) in [7, 11) is 1.64. The van der Waals surface area contributed by atoms with Crippen LogP contribution in [0.25, 0.3) is 0 Å². The Hall–Kier alpha value is -0.120. The number of hydrogen-bond donors (Lipinski definition) is 1. The second-order valence-electron chi connectivity index (χ2n) is 4.91. The molecular weight excluding hydrogens is 190 g/mol. The summed E-state index contributed by atoms with van der Waals surface area (Å²) in [6.07, 6.45) is 3.54. The predicted molar refractivity (Wildman–Crippen MR) is 61.9 cm³/mol. The number of hydrogen-bond acceptors (Lipinski definition) is 3. The van der Waals surface area contributed by atoms with E-state index in [0.717, 1.165) is 13.1 Å². The highest BCUT2D eigenvalue weighted by molar-refractivity contribution is 4.80. The lowest BCUT2D eigenvalue weighted by molar-refractivity contribution is 0.00962. The number of ether oxygens (including phenoxy) is 1. The third-order valence-electron chi connectivity index (χ3n) is 3.24. The van der Waals surface area contributed by atoms with Crippen LogP contribution in [0.3, 0.4) is 0 Å². The SMILES string of the molecule is COC[C@@H](O)CN1CCCC[C@@H]1C(C)C. The molecule has 1 fully saturated rings. The second kappa shape index (κ2) is 6.46. The third kappa shape index (κ3) is 4.09. The largest absolute Gasteiger partial charge is 0.389 e. The normalized spacial score (nSPS) is 25.8. The van der Waals surface area contributed by atoms with Gasteiger partial charge in [-0.15, -0.1) is 0 Å². The fourth-order valence-electron chi connectivity index (χ4n) is 2.51. The van der Waals surface area contributed by atoms with E-state index in [0.29, 0.717) is 18.6 Å². The fraction of sp³-hybridized carbons (Fsp3) is 1.00. The van der Waals surface area contributed by atoms with Gasteiger partial charge in [-0.25, -0.2) is 0 Å². The molecule has 0 amide bonds. The van der Waals surface area contributed by atoms with Gasteiger partial charge in [0.2, 0.25) is 0 Å². The van der Waals surface area contributed by atoms with Crippen LogP contribution in [0.5, 0.6) is 0 Å².